The van der Waals surface area contributed by atoms with E-state index in [9.17, 15) is 14.0 Å². The van der Waals surface area contributed by atoms with Gasteiger partial charge in [0.05, 0.1) is 16.8 Å². The minimum atomic E-state index is -0.346. The van der Waals surface area contributed by atoms with Crippen molar-refractivity contribution in [3.63, 3.8) is 0 Å². The van der Waals surface area contributed by atoms with Crippen LogP contribution in [0.3, 0.4) is 0 Å². The van der Waals surface area contributed by atoms with Crippen molar-refractivity contribution in [3.05, 3.63) is 59.4 Å². The van der Waals surface area contributed by atoms with Crippen molar-refractivity contribution in [2.24, 2.45) is 0 Å². The normalized spacial score (nSPS) is 19.6. The van der Waals surface area contributed by atoms with Gasteiger partial charge in [-0.05, 0) is 36.4 Å². The number of urea groups is 1. The maximum absolute atomic E-state index is 13.1. The van der Waals surface area contributed by atoms with Gasteiger partial charge in [0.2, 0.25) is 5.91 Å². The van der Waals surface area contributed by atoms with Gasteiger partial charge in [0.25, 0.3) is 0 Å². The number of nitrogens with zero attached hydrogens (tertiary/aromatic N) is 3. The number of hydrogen-bond donors (Lipinski definition) is 1. The van der Waals surface area contributed by atoms with Gasteiger partial charge in [-0.15, -0.1) is 0 Å². The van der Waals surface area contributed by atoms with Gasteiger partial charge in [-0.3, -0.25) is 4.79 Å². The monoisotopic (exact) mass is 416 g/mol. The van der Waals surface area contributed by atoms with Crippen LogP contribution in [0.2, 0.25) is 5.02 Å². The SMILES string of the molecule is O=C(N[C@H]1CC(=O)N(c2ccc(F)cc2)C1)N1CCN(c2ccccc2Cl)CC1. The van der Waals surface area contributed by atoms with Gasteiger partial charge in [-0.2, -0.15) is 0 Å². The van der Waals surface area contributed by atoms with E-state index in [0.29, 0.717) is 43.4 Å². The Morgan fingerprint density at radius 3 is 2.41 bits per heavy atom. The molecule has 1 N–H and O–H groups in total. The lowest BCUT2D eigenvalue weighted by Gasteiger charge is -2.36. The van der Waals surface area contributed by atoms with Crippen LogP contribution in [0.25, 0.3) is 0 Å². The van der Waals surface area contributed by atoms with E-state index in [4.69, 9.17) is 11.6 Å². The maximum Gasteiger partial charge on any atom is 0.317 e. The Labute approximate surface area is 173 Å². The summed E-state index contributed by atoms with van der Waals surface area (Å²) in [4.78, 5) is 30.5. The fourth-order valence-electron chi connectivity index (χ4n) is 3.80. The summed E-state index contributed by atoms with van der Waals surface area (Å²) in [6, 6.07) is 13.1. The first-order valence-electron chi connectivity index (χ1n) is 9.62. The third kappa shape index (κ3) is 4.29. The second-order valence-electron chi connectivity index (χ2n) is 7.26. The molecular weight excluding hydrogens is 395 g/mol. The highest BCUT2D eigenvalue weighted by atomic mass is 35.5. The zero-order valence-corrected chi connectivity index (χ0v) is 16.6. The number of carbonyl (C=O) groups is 2. The van der Waals surface area contributed by atoms with E-state index in [1.165, 1.54) is 12.1 Å². The Balaban J connectivity index is 1.31. The van der Waals surface area contributed by atoms with Crippen molar-refractivity contribution in [1.29, 1.82) is 0 Å². The first-order chi connectivity index (χ1) is 14.0. The van der Waals surface area contributed by atoms with Crippen LogP contribution in [0, 0.1) is 5.82 Å². The first-order valence-corrected chi connectivity index (χ1v) is 10.00. The molecule has 152 valence electrons. The van der Waals surface area contributed by atoms with Crippen LogP contribution >= 0.6 is 11.6 Å². The number of nitrogens with one attached hydrogen (secondary N) is 1. The number of carbonyl (C=O) groups excluding carboxylic acids is 2. The van der Waals surface area contributed by atoms with E-state index in [1.54, 1.807) is 21.9 Å². The summed E-state index contributed by atoms with van der Waals surface area (Å²) in [5.74, 6) is -0.424. The molecule has 0 unspecified atom stereocenters. The predicted octanol–water partition coefficient (Wildman–Crippen LogP) is 3.12. The molecule has 2 saturated heterocycles. The van der Waals surface area contributed by atoms with Crippen LogP contribution in [0.5, 0.6) is 0 Å². The van der Waals surface area contributed by atoms with Crippen LogP contribution in [0.4, 0.5) is 20.6 Å². The minimum Gasteiger partial charge on any atom is -0.367 e. The number of halogens is 2. The number of hydrogen-bond acceptors (Lipinski definition) is 3. The molecule has 2 aromatic carbocycles. The van der Waals surface area contributed by atoms with Gasteiger partial charge in [0.1, 0.15) is 5.82 Å². The second kappa shape index (κ2) is 8.29. The Bertz CT molecular complexity index is 900. The Morgan fingerprint density at radius 1 is 1.03 bits per heavy atom. The number of rotatable bonds is 3. The van der Waals surface area contributed by atoms with Crippen LogP contribution < -0.4 is 15.1 Å². The van der Waals surface area contributed by atoms with Crippen molar-refractivity contribution < 1.29 is 14.0 Å². The highest BCUT2D eigenvalue weighted by Crippen LogP contribution is 2.26. The number of anilines is 2. The molecule has 4 rings (SSSR count). The van der Waals surface area contributed by atoms with Crippen LogP contribution in [0.1, 0.15) is 6.42 Å². The standard InChI is InChI=1S/C21H22ClFN4O2/c22-18-3-1-2-4-19(18)25-9-11-26(12-10-25)21(29)24-16-13-20(28)27(14-16)17-7-5-15(23)6-8-17/h1-8,16H,9-14H2,(H,24,29)/t16-/m0/s1. The van der Waals surface area contributed by atoms with E-state index in [2.05, 4.69) is 10.2 Å². The van der Waals surface area contributed by atoms with Crippen LogP contribution in [0.15, 0.2) is 48.5 Å². The third-order valence-corrected chi connectivity index (χ3v) is 5.67. The molecule has 1 atom stereocenters. The summed E-state index contributed by atoms with van der Waals surface area (Å²) >= 11 is 6.26. The summed E-state index contributed by atoms with van der Waals surface area (Å²) < 4.78 is 13.1. The van der Waals surface area contributed by atoms with E-state index in [1.807, 2.05) is 24.3 Å². The molecule has 3 amide bonds. The molecule has 0 spiro atoms. The molecule has 2 heterocycles. The van der Waals surface area contributed by atoms with E-state index < -0.39 is 0 Å². The Hall–Kier alpha value is -2.80. The smallest absolute Gasteiger partial charge is 0.317 e. The van der Waals surface area contributed by atoms with Gasteiger partial charge in [0.15, 0.2) is 0 Å². The fraction of sp³-hybridized carbons (Fsp3) is 0.333. The Kier molecular flexibility index (Phi) is 5.58. The number of amides is 3. The molecule has 0 aliphatic carbocycles. The maximum atomic E-state index is 13.1. The largest absolute Gasteiger partial charge is 0.367 e. The predicted molar refractivity (Wildman–Crippen MR) is 111 cm³/mol. The summed E-state index contributed by atoms with van der Waals surface area (Å²) in [6.45, 7) is 2.94. The van der Waals surface area contributed by atoms with Crippen LogP contribution in [-0.2, 0) is 4.79 Å². The van der Waals surface area contributed by atoms with Gasteiger partial charge in [0, 0.05) is 44.8 Å². The average molecular weight is 417 g/mol. The van der Waals surface area contributed by atoms with Crippen LogP contribution in [-0.4, -0.2) is 55.6 Å². The highest BCUT2D eigenvalue weighted by Gasteiger charge is 2.33. The van der Waals surface area contributed by atoms with Gasteiger partial charge in [-0.1, -0.05) is 23.7 Å². The lowest BCUT2D eigenvalue weighted by Crippen LogP contribution is -2.54. The summed E-state index contributed by atoms with van der Waals surface area (Å²) in [6.07, 6.45) is 0.239. The summed E-state index contributed by atoms with van der Waals surface area (Å²) in [7, 11) is 0. The second-order valence-corrected chi connectivity index (χ2v) is 7.66. The molecule has 2 fully saturated rings. The quantitative estimate of drug-likeness (QED) is 0.836. The van der Waals surface area contributed by atoms with Crippen molar-refractivity contribution >= 4 is 34.9 Å². The molecule has 2 aromatic rings. The third-order valence-electron chi connectivity index (χ3n) is 5.35. The van der Waals surface area contributed by atoms with E-state index in [0.717, 1.165) is 5.69 Å². The minimum absolute atomic E-state index is 0.0783. The average Bonchev–Trinajstić information content (AvgIpc) is 3.09. The van der Waals surface area contributed by atoms with Gasteiger partial charge >= 0.3 is 6.03 Å². The zero-order chi connectivity index (χ0) is 20.4. The molecule has 2 aliphatic rings. The number of piperazine rings is 1. The molecular formula is C21H22ClFN4O2. The van der Waals surface area contributed by atoms with Crippen molar-refractivity contribution in [2.75, 3.05) is 42.5 Å². The molecule has 8 heteroatoms. The summed E-state index contributed by atoms with van der Waals surface area (Å²) in [5.41, 5.74) is 1.62. The van der Waals surface area contributed by atoms with E-state index >= 15 is 0 Å². The molecule has 0 saturated carbocycles. The lowest BCUT2D eigenvalue weighted by atomic mass is 10.2. The van der Waals surface area contributed by atoms with Crippen molar-refractivity contribution in [1.82, 2.24) is 10.2 Å². The van der Waals surface area contributed by atoms with E-state index in [-0.39, 0.29) is 30.2 Å². The summed E-state index contributed by atoms with van der Waals surface area (Å²) in [5, 5.41) is 3.67. The molecule has 29 heavy (non-hydrogen) atoms. The molecule has 0 radical (unpaired) electrons. The van der Waals surface area contributed by atoms with Crippen molar-refractivity contribution in [3.8, 4) is 0 Å². The highest BCUT2D eigenvalue weighted by molar-refractivity contribution is 6.33. The van der Waals surface area contributed by atoms with Crippen molar-refractivity contribution in [2.45, 2.75) is 12.5 Å². The number of para-hydroxylation sites is 1. The van der Waals surface area contributed by atoms with Gasteiger partial charge in [-0.25, -0.2) is 9.18 Å². The molecule has 2 aliphatic heterocycles. The molecule has 6 nitrogen and oxygen atoms in total. The topological polar surface area (TPSA) is 55.9 Å². The fourth-order valence-corrected chi connectivity index (χ4v) is 4.05. The first kappa shape index (κ1) is 19.5. The molecule has 0 aromatic heterocycles. The number of benzene rings is 2. The van der Waals surface area contributed by atoms with Gasteiger partial charge < -0.3 is 20.0 Å². The molecule has 0 bridgehead atoms. The zero-order valence-electron chi connectivity index (χ0n) is 15.9. The lowest BCUT2D eigenvalue weighted by molar-refractivity contribution is -0.117. The Morgan fingerprint density at radius 2 is 1.72 bits per heavy atom.